The smallest absolute Gasteiger partial charge is 0.414 e. The highest BCUT2D eigenvalue weighted by Crippen LogP contribution is 2.26. The van der Waals surface area contributed by atoms with Crippen LogP contribution in [0.4, 0.5) is 5.13 Å². The van der Waals surface area contributed by atoms with Crippen molar-refractivity contribution in [1.82, 2.24) is 25.2 Å². The summed E-state index contributed by atoms with van der Waals surface area (Å²) in [4.78, 5) is 36.4. The summed E-state index contributed by atoms with van der Waals surface area (Å²) in [7, 11) is 0. The van der Waals surface area contributed by atoms with E-state index in [1.807, 2.05) is 4.90 Å². The van der Waals surface area contributed by atoms with Crippen LogP contribution in [-0.4, -0.2) is 78.7 Å². The van der Waals surface area contributed by atoms with Crippen LogP contribution in [0, 0.1) is 6.92 Å². The lowest BCUT2D eigenvalue weighted by Crippen LogP contribution is -2.48. The van der Waals surface area contributed by atoms with Crippen LogP contribution in [0.1, 0.15) is 24.6 Å². The zero-order valence-electron chi connectivity index (χ0n) is 15.0. The Labute approximate surface area is 167 Å². The van der Waals surface area contributed by atoms with Gasteiger partial charge in [0.05, 0.1) is 12.5 Å². The second-order valence-electron chi connectivity index (χ2n) is 5.54. The van der Waals surface area contributed by atoms with E-state index in [4.69, 9.17) is 24.3 Å². The predicted molar refractivity (Wildman–Crippen MR) is 98.4 cm³/mol. The minimum absolute atomic E-state index is 0.0793. The Morgan fingerprint density at radius 1 is 1.29 bits per heavy atom. The second-order valence-corrected chi connectivity index (χ2v) is 8.02. The first kappa shape index (κ1) is 21.7. The number of hydrogen-bond acceptors (Lipinski definition) is 11. The van der Waals surface area contributed by atoms with E-state index < -0.39 is 11.9 Å². The molecule has 3 rings (SSSR count). The van der Waals surface area contributed by atoms with Gasteiger partial charge in [0.1, 0.15) is 0 Å². The van der Waals surface area contributed by atoms with E-state index in [1.54, 1.807) is 18.7 Å². The fourth-order valence-corrected chi connectivity index (χ4v) is 3.80. The van der Waals surface area contributed by atoms with Crippen LogP contribution >= 0.6 is 23.1 Å². The van der Waals surface area contributed by atoms with Gasteiger partial charge in [0.2, 0.25) is 16.9 Å². The molecule has 3 N–H and O–H groups in total. The molecule has 0 bridgehead atoms. The maximum Gasteiger partial charge on any atom is 0.414 e. The minimum atomic E-state index is -1.82. The van der Waals surface area contributed by atoms with E-state index in [2.05, 4.69) is 32.6 Å². The Balaban J connectivity index is 0.000000409. The fraction of sp³-hybridized carbons (Fsp3) is 0.500. The zero-order valence-corrected chi connectivity index (χ0v) is 16.6. The number of carbonyl (C=O) groups is 3. The lowest BCUT2D eigenvalue weighted by molar-refractivity contribution is -0.159. The number of likely N-dealkylation sites (tertiary alicyclic amines) is 1. The number of carbonyl (C=O) groups excluding carboxylic acids is 1. The average molecular weight is 430 g/mol. The molecule has 28 heavy (non-hydrogen) atoms. The molecular weight excluding hydrogens is 412 g/mol. The van der Waals surface area contributed by atoms with Gasteiger partial charge in [-0.1, -0.05) is 35.2 Å². The number of hydrogen-bond donors (Lipinski definition) is 3. The van der Waals surface area contributed by atoms with Crippen molar-refractivity contribution in [2.45, 2.75) is 24.1 Å². The molecule has 1 amide bonds. The summed E-state index contributed by atoms with van der Waals surface area (Å²) in [5, 5.41) is 29.8. The molecule has 0 unspecified atom stereocenters. The summed E-state index contributed by atoms with van der Waals surface area (Å²) in [5.41, 5.74) is 0. The second kappa shape index (κ2) is 10.1. The van der Waals surface area contributed by atoms with E-state index >= 15 is 0 Å². The summed E-state index contributed by atoms with van der Waals surface area (Å²) in [5.74, 6) is -1.27. The van der Waals surface area contributed by atoms with Gasteiger partial charge in [-0.15, -0.1) is 10.2 Å². The molecule has 0 spiro atoms. The van der Waals surface area contributed by atoms with Crippen LogP contribution in [0.5, 0.6) is 0 Å². The summed E-state index contributed by atoms with van der Waals surface area (Å²) >= 11 is 3.01. The van der Waals surface area contributed by atoms with Gasteiger partial charge < -0.3 is 14.7 Å². The third kappa shape index (κ3) is 6.54. The number of nitrogens with zero attached hydrogens (tertiary/aromatic N) is 5. The Morgan fingerprint density at radius 3 is 2.50 bits per heavy atom. The SMILES string of the molecule is CCSc1nnc(NC(=O)CN2CC(c3nc(C)no3)C2)s1.O=C(O)C(=O)O. The molecule has 2 aromatic rings. The number of carboxylic acid groups (broad SMARTS) is 2. The average Bonchev–Trinajstić information content (AvgIpc) is 3.20. The number of anilines is 1. The molecule has 0 saturated carbocycles. The zero-order chi connectivity index (χ0) is 20.7. The largest absolute Gasteiger partial charge is 0.473 e. The molecule has 0 radical (unpaired) electrons. The van der Waals surface area contributed by atoms with Crippen molar-refractivity contribution >= 4 is 46.1 Å². The van der Waals surface area contributed by atoms with Crippen LogP contribution in [-0.2, 0) is 14.4 Å². The van der Waals surface area contributed by atoms with Gasteiger partial charge in [-0.3, -0.25) is 15.0 Å². The third-order valence-electron chi connectivity index (χ3n) is 3.32. The van der Waals surface area contributed by atoms with Gasteiger partial charge in [0.25, 0.3) is 0 Å². The molecule has 152 valence electrons. The normalized spacial score (nSPS) is 13.9. The van der Waals surface area contributed by atoms with Crippen LogP contribution in [0.15, 0.2) is 8.86 Å². The first-order chi connectivity index (χ1) is 13.3. The first-order valence-electron chi connectivity index (χ1n) is 8.03. The molecule has 0 aromatic carbocycles. The van der Waals surface area contributed by atoms with Crippen LogP contribution < -0.4 is 5.32 Å². The number of aromatic nitrogens is 4. The molecule has 12 nitrogen and oxygen atoms in total. The summed E-state index contributed by atoms with van der Waals surface area (Å²) in [6, 6.07) is 0. The van der Waals surface area contributed by atoms with Gasteiger partial charge in [-0.05, 0) is 12.7 Å². The Bertz CT molecular complexity index is 822. The lowest BCUT2D eigenvalue weighted by Gasteiger charge is -2.36. The van der Waals surface area contributed by atoms with E-state index in [0.29, 0.717) is 23.4 Å². The highest BCUT2D eigenvalue weighted by atomic mass is 32.2. The third-order valence-corrected chi connectivity index (χ3v) is 5.17. The standard InChI is InChI=1S/C12H16N6O2S2.C2H2O4/c1-3-21-12-16-15-11(22-12)14-9(19)6-18-4-8(5-18)10-13-7(2)17-20-10;3-1(4)2(5)6/h8H,3-6H2,1-2H3,(H,14,15,19);(H,3,4)(H,5,6). The van der Waals surface area contributed by atoms with Gasteiger partial charge in [0, 0.05) is 13.1 Å². The molecular formula is C14H18N6O6S2. The molecule has 14 heteroatoms. The number of nitrogens with one attached hydrogen (secondary N) is 1. The number of thioether (sulfide) groups is 1. The van der Waals surface area contributed by atoms with Crippen molar-refractivity contribution in [3.05, 3.63) is 11.7 Å². The van der Waals surface area contributed by atoms with Crippen molar-refractivity contribution < 1.29 is 29.1 Å². The van der Waals surface area contributed by atoms with Gasteiger partial charge in [-0.25, -0.2) is 9.59 Å². The summed E-state index contributed by atoms with van der Waals surface area (Å²) in [6.07, 6.45) is 0. The molecule has 0 atom stereocenters. The van der Waals surface area contributed by atoms with Gasteiger partial charge in [-0.2, -0.15) is 4.98 Å². The van der Waals surface area contributed by atoms with Crippen molar-refractivity contribution in [2.24, 2.45) is 0 Å². The Kier molecular flexibility index (Phi) is 7.83. The number of aliphatic carboxylic acids is 2. The monoisotopic (exact) mass is 430 g/mol. The summed E-state index contributed by atoms with van der Waals surface area (Å²) in [6.45, 7) is 5.68. The highest BCUT2D eigenvalue weighted by molar-refractivity contribution is 8.01. The number of rotatable bonds is 6. The van der Waals surface area contributed by atoms with Crippen molar-refractivity contribution in [3.8, 4) is 0 Å². The fourth-order valence-electron chi connectivity index (χ4n) is 2.14. The Hall–Kier alpha value is -2.58. The molecule has 1 aliphatic rings. The molecule has 3 heterocycles. The van der Waals surface area contributed by atoms with Crippen molar-refractivity contribution in [2.75, 3.05) is 30.7 Å². The quantitative estimate of drug-likeness (QED) is 0.330. The van der Waals surface area contributed by atoms with Crippen LogP contribution in [0.25, 0.3) is 0 Å². The predicted octanol–water partition coefficient (Wildman–Crippen LogP) is 0.535. The highest BCUT2D eigenvalue weighted by Gasteiger charge is 2.33. The molecule has 1 aliphatic heterocycles. The lowest BCUT2D eigenvalue weighted by atomic mass is 10.0. The molecule has 2 aromatic heterocycles. The molecule has 1 fully saturated rings. The number of carboxylic acids is 2. The van der Waals surface area contributed by atoms with Gasteiger partial charge in [0.15, 0.2) is 10.2 Å². The maximum atomic E-state index is 12.0. The van der Waals surface area contributed by atoms with E-state index in [-0.39, 0.29) is 11.8 Å². The first-order valence-corrected chi connectivity index (χ1v) is 9.83. The minimum Gasteiger partial charge on any atom is -0.473 e. The molecule has 0 aliphatic carbocycles. The van der Waals surface area contributed by atoms with E-state index in [0.717, 1.165) is 23.2 Å². The maximum absolute atomic E-state index is 12.0. The molecule has 1 saturated heterocycles. The number of aryl methyl sites for hydroxylation is 1. The van der Waals surface area contributed by atoms with Crippen LogP contribution in [0.3, 0.4) is 0 Å². The summed E-state index contributed by atoms with van der Waals surface area (Å²) < 4.78 is 6.00. The van der Waals surface area contributed by atoms with Crippen molar-refractivity contribution in [3.63, 3.8) is 0 Å². The van der Waals surface area contributed by atoms with Gasteiger partial charge >= 0.3 is 11.9 Å². The Morgan fingerprint density at radius 2 is 1.96 bits per heavy atom. The topological polar surface area (TPSA) is 172 Å². The number of amides is 1. The van der Waals surface area contributed by atoms with E-state index in [1.165, 1.54) is 11.3 Å². The van der Waals surface area contributed by atoms with Crippen LogP contribution in [0.2, 0.25) is 0 Å². The van der Waals surface area contributed by atoms with E-state index in [9.17, 15) is 4.79 Å². The van der Waals surface area contributed by atoms with Crippen molar-refractivity contribution in [1.29, 1.82) is 0 Å².